The first-order valence-electron chi connectivity index (χ1n) is 5.24. The maximum atomic E-state index is 5.28. The van der Waals surface area contributed by atoms with Crippen LogP contribution in [0.4, 0.5) is 0 Å². The molecule has 4 nitrogen and oxygen atoms in total. The number of hydrogen-bond acceptors (Lipinski definition) is 4. The summed E-state index contributed by atoms with van der Waals surface area (Å²) >= 11 is 0. The number of rotatable bonds is 2. The van der Waals surface area contributed by atoms with Crippen LogP contribution in [0.1, 0.15) is 5.56 Å². The third kappa shape index (κ3) is 1.85. The summed E-state index contributed by atoms with van der Waals surface area (Å²) in [6.45, 7) is 2.01. The molecule has 0 aliphatic heterocycles. The first-order chi connectivity index (χ1) is 8.33. The van der Waals surface area contributed by atoms with Crippen LogP contribution >= 0.6 is 0 Å². The summed E-state index contributed by atoms with van der Waals surface area (Å²) in [5.41, 5.74) is 2.94. The van der Waals surface area contributed by atoms with E-state index in [1.54, 1.807) is 24.9 Å². The zero-order chi connectivity index (χ0) is 11.7. The standard InChI is InChI=1S/C13H10N2O2/c1-9-6-10(12-14-2-4-16-12)8-11(7-9)13-15-3-5-17-13/h2-8H,1H3. The fourth-order valence-corrected chi connectivity index (χ4v) is 1.76. The molecule has 1 aromatic carbocycles. The number of aryl methyl sites for hydroxylation is 1. The van der Waals surface area contributed by atoms with Gasteiger partial charge in [-0.2, -0.15) is 0 Å². The molecule has 2 heterocycles. The predicted octanol–water partition coefficient (Wildman–Crippen LogP) is 3.31. The minimum absolute atomic E-state index is 0.599. The van der Waals surface area contributed by atoms with Crippen molar-refractivity contribution >= 4 is 0 Å². The van der Waals surface area contributed by atoms with Gasteiger partial charge in [0.1, 0.15) is 12.5 Å². The Balaban J connectivity index is 2.13. The van der Waals surface area contributed by atoms with Crippen LogP contribution in [0.25, 0.3) is 22.9 Å². The lowest BCUT2D eigenvalue weighted by molar-refractivity contribution is 0.572. The van der Waals surface area contributed by atoms with Gasteiger partial charge in [0.15, 0.2) is 0 Å². The van der Waals surface area contributed by atoms with Crippen molar-refractivity contribution in [3.05, 3.63) is 48.7 Å². The maximum Gasteiger partial charge on any atom is 0.225 e. The van der Waals surface area contributed by atoms with Crippen molar-refractivity contribution in [2.75, 3.05) is 0 Å². The van der Waals surface area contributed by atoms with Gasteiger partial charge in [0.25, 0.3) is 0 Å². The molecule has 0 atom stereocenters. The van der Waals surface area contributed by atoms with Gasteiger partial charge in [-0.1, -0.05) is 0 Å². The first-order valence-corrected chi connectivity index (χ1v) is 5.24. The lowest BCUT2D eigenvalue weighted by Gasteiger charge is -2.02. The second-order valence-corrected chi connectivity index (χ2v) is 3.76. The van der Waals surface area contributed by atoms with E-state index in [0.29, 0.717) is 11.8 Å². The van der Waals surface area contributed by atoms with E-state index in [2.05, 4.69) is 9.97 Å². The van der Waals surface area contributed by atoms with Crippen LogP contribution in [0.2, 0.25) is 0 Å². The van der Waals surface area contributed by atoms with E-state index in [1.807, 2.05) is 25.1 Å². The number of nitrogens with zero attached hydrogens (tertiary/aromatic N) is 2. The largest absolute Gasteiger partial charge is 0.445 e. The Hall–Kier alpha value is -2.36. The normalized spacial score (nSPS) is 10.6. The van der Waals surface area contributed by atoms with Crippen molar-refractivity contribution in [1.82, 2.24) is 9.97 Å². The Morgan fingerprint density at radius 2 is 1.35 bits per heavy atom. The van der Waals surface area contributed by atoms with E-state index in [0.717, 1.165) is 16.7 Å². The van der Waals surface area contributed by atoms with Gasteiger partial charge < -0.3 is 8.83 Å². The van der Waals surface area contributed by atoms with Crippen molar-refractivity contribution in [3.8, 4) is 22.9 Å². The van der Waals surface area contributed by atoms with Crippen molar-refractivity contribution in [2.45, 2.75) is 6.92 Å². The van der Waals surface area contributed by atoms with Gasteiger partial charge in [-0.05, 0) is 30.7 Å². The Kier molecular flexibility index (Phi) is 2.26. The molecular weight excluding hydrogens is 216 g/mol. The fraction of sp³-hybridized carbons (Fsp3) is 0.0769. The summed E-state index contributed by atoms with van der Waals surface area (Å²) < 4.78 is 10.6. The van der Waals surface area contributed by atoms with Gasteiger partial charge in [0.05, 0.1) is 12.4 Å². The van der Waals surface area contributed by atoms with Crippen LogP contribution in [-0.2, 0) is 0 Å². The highest BCUT2D eigenvalue weighted by Gasteiger charge is 2.08. The number of oxazole rings is 2. The fourth-order valence-electron chi connectivity index (χ4n) is 1.76. The van der Waals surface area contributed by atoms with Crippen molar-refractivity contribution < 1.29 is 8.83 Å². The zero-order valence-electron chi connectivity index (χ0n) is 9.25. The highest BCUT2D eigenvalue weighted by atomic mass is 16.3. The van der Waals surface area contributed by atoms with Crippen LogP contribution in [0.15, 0.2) is 52.0 Å². The van der Waals surface area contributed by atoms with Crippen LogP contribution in [0.5, 0.6) is 0 Å². The smallest absolute Gasteiger partial charge is 0.225 e. The molecule has 2 aromatic heterocycles. The molecule has 17 heavy (non-hydrogen) atoms. The minimum Gasteiger partial charge on any atom is -0.445 e. The molecule has 84 valence electrons. The third-order valence-corrected chi connectivity index (χ3v) is 2.44. The van der Waals surface area contributed by atoms with Gasteiger partial charge in [-0.15, -0.1) is 0 Å². The van der Waals surface area contributed by atoms with Crippen LogP contribution in [-0.4, -0.2) is 9.97 Å². The third-order valence-electron chi connectivity index (χ3n) is 2.44. The average molecular weight is 226 g/mol. The predicted molar refractivity (Wildman–Crippen MR) is 62.2 cm³/mol. The van der Waals surface area contributed by atoms with E-state index in [9.17, 15) is 0 Å². The van der Waals surface area contributed by atoms with E-state index < -0.39 is 0 Å². The van der Waals surface area contributed by atoms with Crippen molar-refractivity contribution in [1.29, 1.82) is 0 Å². The Morgan fingerprint density at radius 3 is 1.76 bits per heavy atom. The topological polar surface area (TPSA) is 52.1 Å². The van der Waals surface area contributed by atoms with Crippen LogP contribution < -0.4 is 0 Å². The van der Waals surface area contributed by atoms with Gasteiger partial charge >= 0.3 is 0 Å². The first kappa shape index (κ1) is 9.84. The molecule has 0 saturated heterocycles. The molecule has 0 amide bonds. The SMILES string of the molecule is Cc1cc(-c2ncco2)cc(-c2ncco2)c1. The zero-order valence-corrected chi connectivity index (χ0v) is 9.25. The molecule has 0 aliphatic rings. The summed E-state index contributed by atoms with van der Waals surface area (Å²) in [5, 5.41) is 0. The van der Waals surface area contributed by atoms with Gasteiger partial charge in [-0.3, -0.25) is 0 Å². The van der Waals surface area contributed by atoms with Gasteiger partial charge in [-0.25, -0.2) is 9.97 Å². The molecule has 0 N–H and O–H groups in total. The van der Waals surface area contributed by atoms with E-state index in [4.69, 9.17) is 8.83 Å². The summed E-state index contributed by atoms with van der Waals surface area (Å²) in [7, 11) is 0. The molecule has 0 fully saturated rings. The van der Waals surface area contributed by atoms with Gasteiger partial charge in [0.2, 0.25) is 11.8 Å². The molecule has 0 aliphatic carbocycles. The molecular formula is C13H10N2O2. The molecule has 0 unspecified atom stereocenters. The second kappa shape index (κ2) is 3.90. The number of hydrogen-bond donors (Lipinski definition) is 0. The highest BCUT2D eigenvalue weighted by Crippen LogP contribution is 2.26. The lowest BCUT2D eigenvalue weighted by Crippen LogP contribution is -1.84. The van der Waals surface area contributed by atoms with Crippen molar-refractivity contribution in [3.63, 3.8) is 0 Å². The molecule has 4 heteroatoms. The van der Waals surface area contributed by atoms with Crippen molar-refractivity contribution in [2.24, 2.45) is 0 Å². The van der Waals surface area contributed by atoms with Gasteiger partial charge in [0, 0.05) is 11.1 Å². The van der Waals surface area contributed by atoms with Crippen LogP contribution in [0, 0.1) is 6.92 Å². The Morgan fingerprint density at radius 1 is 0.824 bits per heavy atom. The maximum absolute atomic E-state index is 5.28. The molecule has 3 rings (SSSR count). The molecule has 0 saturated carbocycles. The van der Waals surface area contributed by atoms with E-state index in [-0.39, 0.29) is 0 Å². The summed E-state index contributed by atoms with van der Waals surface area (Å²) in [6, 6.07) is 5.97. The highest BCUT2D eigenvalue weighted by molar-refractivity contribution is 5.65. The summed E-state index contributed by atoms with van der Waals surface area (Å²) in [4.78, 5) is 8.26. The molecule has 0 spiro atoms. The minimum atomic E-state index is 0.599. The molecule has 0 radical (unpaired) electrons. The summed E-state index contributed by atoms with van der Waals surface area (Å²) in [6.07, 6.45) is 6.37. The number of aromatic nitrogens is 2. The molecule has 3 aromatic rings. The quantitative estimate of drug-likeness (QED) is 0.672. The average Bonchev–Trinajstić information content (AvgIpc) is 3.02. The van der Waals surface area contributed by atoms with Crippen LogP contribution in [0.3, 0.4) is 0 Å². The number of benzene rings is 1. The lowest BCUT2D eigenvalue weighted by atomic mass is 10.1. The second-order valence-electron chi connectivity index (χ2n) is 3.76. The monoisotopic (exact) mass is 226 g/mol. The Bertz CT molecular complexity index is 560. The Labute approximate surface area is 97.9 Å². The summed E-state index contributed by atoms with van der Waals surface area (Å²) in [5.74, 6) is 1.20. The van der Waals surface area contributed by atoms with E-state index >= 15 is 0 Å². The van der Waals surface area contributed by atoms with E-state index in [1.165, 1.54) is 0 Å². The molecule has 0 bridgehead atoms.